The van der Waals surface area contributed by atoms with Crippen molar-refractivity contribution >= 4 is 23.2 Å². The molecule has 1 amide bonds. The van der Waals surface area contributed by atoms with E-state index in [-0.39, 0.29) is 43.8 Å². The smallest absolute Gasteiger partial charge is 0.416 e. The number of rotatable bonds is 6. The first-order valence-electron chi connectivity index (χ1n) is 15.5. The Bertz CT molecular complexity index is 1980. The number of aliphatic carboxylic acids is 1. The van der Waals surface area contributed by atoms with Gasteiger partial charge in [0.1, 0.15) is 30.4 Å². The lowest BCUT2D eigenvalue weighted by Gasteiger charge is -2.34. The number of carboxylic acids is 1. The van der Waals surface area contributed by atoms with Crippen molar-refractivity contribution in [3.05, 3.63) is 109 Å². The molecule has 49 heavy (non-hydrogen) atoms. The predicted octanol–water partition coefficient (Wildman–Crippen LogP) is 6.36. The molecule has 2 aromatic heterocycles. The Labute approximate surface area is 281 Å². The molecule has 2 atom stereocenters. The molecule has 4 bridgehead atoms. The fourth-order valence-corrected chi connectivity index (χ4v) is 7.60. The number of nitrogens with one attached hydrogen (secondary N) is 1. The lowest BCUT2D eigenvalue weighted by molar-refractivity contribution is -0.139. The van der Waals surface area contributed by atoms with E-state index < -0.39 is 59.7 Å². The molecule has 4 heterocycles. The molecule has 0 radical (unpaired) electrons. The Balaban J connectivity index is 1.52. The van der Waals surface area contributed by atoms with Crippen LogP contribution in [0.15, 0.2) is 59.5 Å². The van der Waals surface area contributed by atoms with E-state index in [2.05, 4.69) is 5.32 Å². The second kappa shape index (κ2) is 13.4. The molecular formula is C35H32F5N3O5S. The minimum Gasteiger partial charge on any atom is -0.488 e. The lowest BCUT2D eigenvalue weighted by atomic mass is 9.97. The van der Waals surface area contributed by atoms with Crippen LogP contribution in [-0.2, 0) is 28.8 Å². The molecule has 0 spiro atoms. The van der Waals surface area contributed by atoms with Crippen LogP contribution in [0.1, 0.15) is 56.8 Å². The number of halogens is 5. The third-order valence-corrected chi connectivity index (χ3v) is 9.95. The molecule has 1 saturated heterocycles. The van der Waals surface area contributed by atoms with Crippen molar-refractivity contribution in [2.45, 2.75) is 57.7 Å². The number of alkyl halides is 4. The van der Waals surface area contributed by atoms with E-state index in [1.807, 2.05) is 19.1 Å². The highest BCUT2D eigenvalue weighted by Gasteiger charge is 2.37. The zero-order valence-corrected chi connectivity index (χ0v) is 27.3. The summed E-state index contributed by atoms with van der Waals surface area (Å²) < 4.78 is 78.6. The maximum Gasteiger partial charge on any atom is 0.416 e. The number of benzene rings is 2. The highest BCUT2D eigenvalue weighted by Crippen LogP contribution is 2.42. The molecule has 6 rings (SSSR count). The molecule has 4 aromatic rings. The summed E-state index contributed by atoms with van der Waals surface area (Å²) in [5, 5.41) is 12.5. The third-order valence-electron chi connectivity index (χ3n) is 8.86. The van der Waals surface area contributed by atoms with E-state index in [1.54, 1.807) is 24.0 Å². The van der Waals surface area contributed by atoms with E-state index in [0.29, 0.717) is 27.8 Å². The first-order valence-corrected chi connectivity index (χ1v) is 16.3. The number of carbonyl (C=O) groups excluding carboxylic acids is 1. The van der Waals surface area contributed by atoms with Crippen molar-refractivity contribution in [1.82, 2.24) is 14.8 Å². The van der Waals surface area contributed by atoms with Crippen LogP contribution in [0.3, 0.4) is 0 Å². The number of nitrogens with zero attached hydrogens (tertiary/aromatic N) is 2. The molecule has 2 aliphatic heterocycles. The van der Waals surface area contributed by atoms with Gasteiger partial charge in [-0.15, -0.1) is 11.3 Å². The molecule has 1 fully saturated rings. The number of pyridine rings is 1. The van der Waals surface area contributed by atoms with Crippen LogP contribution in [0.4, 0.5) is 22.0 Å². The highest BCUT2D eigenvalue weighted by atomic mass is 32.1. The Morgan fingerprint density at radius 1 is 1.08 bits per heavy atom. The van der Waals surface area contributed by atoms with Gasteiger partial charge in [-0.1, -0.05) is 18.2 Å². The van der Waals surface area contributed by atoms with Gasteiger partial charge in [0.2, 0.25) is 5.91 Å². The second-order valence-electron chi connectivity index (χ2n) is 12.3. The molecule has 2 N–H and O–H groups in total. The van der Waals surface area contributed by atoms with E-state index >= 15 is 4.39 Å². The van der Waals surface area contributed by atoms with Gasteiger partial charge in [-0.2, -0.15) is 13.2 Å². The summed E-state index contributed by atoms with van der Waals surface area (Å²) in [6.07, 6.45) is -5.91. The Kier molecular flexibility index (Phi) is 9.38. The van der Waals surface area contributed by atoms with Gasteiger partial charge >= 0.3 is 12.1 Å². The zero-order valence-electron chi connectivity index (χ0n) is 26.4. The molecule has 0 aliphatic carbocycles. The Morgan fingerprint density at radius 2 is 1.84 bits per heavy atom. The number of hydrogen-bond acceptors (Lipinski definition) is 6. The maximum absolute atomic E-state index is 15.8. The zero-order chi connectivity index (χ0) is 35.2. The summed E-state index contributed by atoms with van der Waals surface area (Å²) in [5.41, 5.74) is -0.579. The van der Waals surface area contributed by atoms with Crippen molar-refractivity contribution in [3.8, 4) is 16.2 Å². The van der Waals surface area contributed by atoms with Gasteiger partial charge in [-0.25, -0.2) is 8.78 Å². The molecule has 8 nitrogen and oxygen atoms in total. The first kappa shape index (κ1) is 34.3. The molecule has 258 valence electrons. The normalized spacial score (nSPS) is 18.6. The second-order valence-corrected chi connectivity index (χ2v) is 13.6. The third kappa shape index (κ3) is 7.11. The molecule has 0 unspecified atom stereocenters. The molecule has 2 aromatic carbocycles. The summed E-state index contributed by atoms with van der Waals surface area (Å²) in [5.74, 6) is -2.66. The maximum atomic E-state index is 15.8. The fourth-order valence-electron chi connectivity index (χ4n) is 6.40. The number of fused-ring (bicyclic) bond motifs is 6. The van der Waals surface area contributed by atoms with E-state index in [0.717, 1.165) is 32.8 Å². The Morgan fingerprint density at radius 3 is 2.53 bits per heavy atom. The van der Waals surface area contributed by atoms with Gasteiger partial charge in [-0.3, -0.25) is 23.9 Å². The summed E-state index contributed by atoms with van der Waals surface area (Å²) in [6, 6.07) is 8.44. The van der Waals surface area contributed by atoms with Crippen molar-refractivity contribution in [2.24, 2.45) is 0 Å². The highest BCUT2D eigenvalue weighted by molar-refractivity contribution is 7.15. The molecule has 0 saturated carbocycles. The fraction of sp³-hybridized carbons (Fsp3) is 0.343. The van der Waals surface area contributed by atoms with Crippen LogP contribution in [0.5, 0.6) is 5.75 Å². The van der Waals surface area contributed by atoms with Crippen LogP contribution in [0, 0.1) is 19.7 Å². The number of aryl methyl sites for hydroxylation is 2. The first-order chi connectivity index (χ1) is 23.2. The number of ether oxygens (including phenoxy) is 1. The van der Waals surface area contributed by atoms with Gasteiger partial charge in [0.05, 0.1) is 18.0 Å². The number of carboxylic acid groups (broad SMARTS) is 1. The molecular weight excluding hydrogens is 669 g/mol. The molecule has 14 heteroatoms. The largest absolute Gasteiger partial charge is 0.488 e. The number of hydrogen-bond donors (Lipinski definition) is 2. The monoisotopic (exact) mass is 701 g/mol. The van der Waals surface area contributed by atoms with Crippen LogP contribution >= 0.6 is 11.3 Å². The summed E-state index contributed by atoms with van der Waals surface area (Å²) in [6.45, 7) is 3.76. The van der Waals surface area contributed by atoms with Gasteiger partial charge in [0.25, 0.3) is 5.56 Å². The SMILES string of the molecule is Cc1cccc2c1-c1cc(c(C)s1)[C@@H](CC(=O)O)NC(=O)[C@H](n1cc(CCN3CC(F)C3)c(C(F)(F)F)cc1=O)c1cc(ccc1F)CO2. The number of thiophene rings is 1. The summed E-state index contributed by atoms with van der Waals surface area (Å²) in [4.78, 5) is 42.9. The van der Waals surface area contributed by atoms with Crippen molar-refractivity contribution < 1.29 is 41.4 Å². The summed E-state index contributed by atoms with van der Waals surface area (Å²) in [7, 11) is 0. The van der Waals surface area contributed by atoms with Crippen LogP contribution in [-0.4, -0.2) is 52.3 Å². The van der Waals surface area contributed by atoms with Crippen LogP contribution in [0.2, 0.25) is 0 Å². The minimum atomic E-state index is -4.92. The number of amides is 1. The number of likely N-dealkylation sites (tertiary alicyclic amines) is 1. The predicted molar refractivity (Wildman–Crippen MR) is 172 cm³/mol. The van der Waals surface area contributed by atoms with Gasteiger partial charge in [0.15, 0.2) is 0 Å². The van der Waals surface area contributed by atoms with Gasteiger partial charge in [-0.05, 0) is 66.8 Å². The quantitative estimate of drug-likeness (QED) is 0.227. The minimum absolute atomic E-state index is 0.0567. The van der Waals surface area contributed by atoms with E-state index in [1.165, 1.54) is 23.5 Å². The van der Waals surface area contributed by atoms with Crippen molar-refractivity contribution in [2.75, 3.05) is 19.6 Å². The topological polar surface area (TPSA) is 101 Å². The average Bonchev–Trinajstić information content (AvgIpc) is 3.39. The molecule has 2 aliphatic rings. The van der Waals surface area contributed by atoms with E-state index in [9.17, 15) is 37.1 Å². The average molecular weight is 702 g/mol. The standard InChI is InChI=1S/C35H32F5N3O5S/c1-18-4-3-5-28-32(18)29-11-23(19(2)49-29)27(13-31(45)46)41-34(47)33(24-10-20(17-48-28)6-7-26(24)37)43-14-21(8-9-42-15-22(36)16-42)25(12-30(43)44)35(38,39)40/h3-7,10-12,14,22,27,33H,8-9,13,15-17H2,1-2H3,(H,41,47)(H,45,46)/t27-,33-/m1/s1. The number of aromatic nitrogens is 1. The van der Waals surface area contributed by atoms with Crippen molar-refractivity contribution in [1.29, 1.82) is 0 Å². The van der Waals surface area contributed by atoms with Crippen LogP contribution < -0.4 is 15.6 Å². The van der Waals surface area contributed by atoms with Crippen LogP contribution in [0.25, 0.3) is 10.4 Å². The van der Waals surface area contributed by atoms with Crippen molar-refractivity contribution in [3.63, 3.8) is 0 Å². The Hall–Kier alpha value is -4.56. The summed E-state index contributed by atoms with van der Waals surface area (Å²) >= 11 is 1.36. The van der Waals surface area contributed by atoms with Gasteiger partial charge < -0.3 is 15.2 Å². The van der Waals surface area contributed by atoms with Gasteiger partial charge in [0, 0.05) is 52.8 Å². The van der Waals surface area contributed by atoms with E-state index in [4.69, 9.17) is 4.74 Å². The number of carbonyl (C=O) groups is 2. The lowest BCUT2D eigenvalue weighted by Crippen LogP contribution is -2.49.